The van der Waals surface area contributed by atoms with Gasteiger partial charge in [0.2, 0.25) is 0 Å². The predicted octanol–water partition coefficient (Wildman–Crippen LogP) is 3.65. The zero-order valence-corrected chi connectivity index (χ0v) is 19.4. The first-order chi connectivity index (χ1) is 16.4. The number of anilines is 2. The summed E-state index contributed by atoms with van der Waals surface area (Å²) in [4.78, 5) is 13.3. The monoisotopic (exact) mass is 460 g/mol. The van der Waals surface area contributed by atoms with Crippen LogP contribution < -0.4 is 11.1 Å². The van der Waals surface area contributed by atoms with E-state index < -0.39 is 5.79 Å². The van der Waals surface area contributed by atoms with E-state index in [2.05, 4.69) is 38.5 Å². The number of nitrogen functional groups attached to an aromatic ring is 1. The van der Waals surface area contributed by atoms with Gasteiger partial charge in [-0.15, -0.1) is 0 Å². The Morgan fingerprint density at radius 3 is 2.76 bits per heavy atom. The zero-order valence-electron chi connectivity index (χ0n) is 19.4. The molecule has 3 aromatic heterocycles. The SMILES string of the molecule is CNc1ncnc2c1ccn2C1OC(CCc2ccc3ccc(N)nc3c2)[C@H]2OC(C)(C)O[C@@H]12. The van der Waals surface area contributed by atoms with Crippen molar-refractivity contribution in [3.05, 3.63) is 54.5 Å². The molecule has 2 unspecified atom stereocenters. The molecule has 176 valence electrons. The van der Waals surface area contributed by atoms with Gasteiger partial charge in [0, 0.05) is 18.6 Å². The number of nitrogens with zero attached hydrogens (tertiary/aromatic N) is 4. The van der Waals surface area contributed by atoms with Crippen molar-refractivity contribution in [2.75, 3.05) is 18.1 Å². The van der Waals surface area contributed by atoms with E-state index in [0.29, 0.717) is 5.82 Å². The molecular weight excluding hydrogens is 432 g/mol. The first kappa shape index (κ1) is 21.3. The number of hydrogen-bond donors (Lipinski definition) is 2. The summed E-state index contributed by atoms with van der Waals surface area (Å²) >= 11 is 0. The van der Waals surface area contributed by atoms with E-state index in [1.807, 2.05) is 49.9 Å². The lowest BCUT2D eigenvalue weighted by atomic mass is 10.0. The topological polar surface area (TPSA) is 109 Å². The minimum Gasteiger partial charge on any atom is -0.384 e. The van der Waals surface area contributed by atoms with Gasteiger partial charge in [0.15, 0.2) is 12.0 Å². The van der Waals surface area contributed by atoms with E-state index in [1.54, 1.807) is 6.33 Å². The van der Waals surface area contributed by atoms with Crippen LogP contribution in [0.15, 0.2) is 48.9 Å². The quantitative estimate of drug-likeness (QED) is 0.464. The van der Waals surface area contributed by atoms with Crippen molar-refractivity contribution in [1.29, 1.82) is 0 Å². The van der Waals surface area contributed by atoms with Crippen LogP contribution >= 0.6 is 0 Å². The number of nitrogens with two attached hydrogens (primary N) is 1. The second-order valence-corrected chi connectivity index (χ2v) is 9.36. The van der Waals surface area contributed by atoms with Crippen LogP contribution in [0.3, 0.4) is 0 Å². The number of ether oxygens (including phenoxy) is 3. The maximum absolute atomic E-state index is 6.57. The molecule has 0 amide bonds. The third-order valence-electron chi connectivity index (χ3n) is 6.64. The number of rotatable bonds is 5. The van der Waals surface area contributed by atoms with Gasteiger partial charge in [-0.3, -0.25) is 0 Å². The molecule has 5 heterocycles. The Kier molecular flexibility index (Phi) is 4.94. The number of pyridine rings is 1. The third kappa shape index (κ3) is 3.56. The normalized spacial score (nSPS) is 25.7. The molecule has 0 bridgehead atoms. The first-order valence-corrected chi connectivity index (χ1v) is 11.6. The van der Waals surface area contributed by atoms with Crippen LogP contribution in [0.25, 0.3) is 21.9 Å². The summed E-state index contributed by atoms with van der Waals surface area (Å²) in [5.41, 5.74) is 8.76. The van der Waals surface area contributed by atoms with Gasteiger partial charge in [0.25, 0.3) is 0 Å². The average Bonchev–Trinajstić information content (AvgIpc) is 3.48. The van der Waals surface area contributed by atoms with Crippen LogP contribution in [0.2, 0.25) is 0 Å². The third-order valence-corrected chi connectivity index (χ3v) is 6.64. The second kappa shape index (κ2) is 7.90. The van der Waals surface area contributed by atoms with Gasteiger partial charge in [-0.05, 0) is 56.5 Å². The number of aryl methyl sites for hydroxylation is 1. The molecule has 2 fully saturated rings. The van der Waals surface area contributed by atoms with Crippen molar-refractivity contribution in [1.82, 2.24) is 19.5 Å². The molecule has 9 nitrogen and oxygen atoms in total. The van der Waals surface area contributed by atoms with E-state index in [1.165, 1.54) is 5.56 Å². The highest BCUT2D eigenvalue weighted by Gasteiger charge is 2.55. The van der Waals surface area contributed by atoms with Gasteiger partial charge >= 0.3 is 0 Å². The minimum atomic E-state index is -0.673. The van der Waals surface area contributed by atoms with Crippen LogP contribution in [0, 0.1) is 0 Å². The summed E-state index contributed by atoms with van der Waals surface area (Å²) in [6, 6.07) is 12.1. The van der Waals surface area contributed by atoms with Crippen LogP contribution in [-0.2, 0) is 20.6 Å². The van der Waals surface area contributed by atoms with E-state index in [0.717, 1.165) is 40.6 Å². The molecule has 0 spiro atoms. The predicted molar refractivity (Wildman–Crippen MR) is 129 cm³/mol. The van der Waals surface area contributed by atoms with E-state index in [-0.39, 0.29) is 24.5 Å². The maximum Gasteiger partial charge on any atom is 0.164 e. The number of hydrogen-bond acceptors (Lipinski definition) is 8. The molecular formula is C25H28N6O3. The van der Waals surface area contributed by atoms with Gasteiger partial charge in [-0.1, -0.05) is 12.1 Å². The van der Waals surface area contributed by atoms with Gasteiger partial charge in [0.1, 0.15) is 35.8 Å². The Morgan fingerprint density at radius 1 is 1.09 bits per heavy atom. The lowest BCUT2D eigenvalue weighted by molar-refractivity contribution is -0.196. The Hall–Kier alpha value is -3.27. The van der Waals surface area contributed by atoms with Gasteiger partial charge < -0.3 is 29.8 Å². The molecule has 34 heavy (non-hydrogen) atoms. The molecule has 4 atom stereocenters. The average molecular weight is 461 g/mol. The van der Waals surface area contributed by atoms with E-state index >= 15 is 0 Å². The Labute approximate surface area is 197 Å². The lowest BCUT2D eigenvalue weighted by Crippen LogP contribution is -2.29. The van der Waals surface area contributed by atoms with Crippen LogP contribution in [-0.4, -0.2) is 50.7 Å². The highest BCUT2D eigenvalue weighted by molar-refractivity contribution is 5.87. The maximum atomic E-state index is 6.57. The summed E-state index contributed by atoms with van der Waals surface area (Å²) in [5.74, 6) is 0.635. The standard InChI is InChI=1S/C25H28N6O3/c1-25(2)33-20-18(8-5-14-4-6-15-7-9-19(26)30-17(15)12-14)32-24(21(20)34-25)31-11-10-16-22(27-3)28-13-29-23(16)31/h4,6-7,9-13,18,20-21,24H,5,8H2,1-3H3,(H2,26,30)(H,27,28,29)/t18?,20-,21-,24?/m1/s1. The molecule has 0 saturated carbocycles. The van der Waals surface area contributed by atoms with Gasteiger partial charge in [-0.25, -0.2) is 15.0 Å². The second-order valence-electron chi connectivity index (χ2n) is 9.36. The number of fused-ring (bicyclic) bond motifs is 3. The van der Waals surface area contributed by atoms with Gasteiger partial charge in [0.05, 0.1) is 17.0 Å². The molecule has 6 rings (SSSR count). The molecule has 2 aliphatic heterocycles. The minimum absolute atomic E-state index is 0.121. The first-order valence-electron chi connectivity index (χ1n) is 11.6. The fourth-order valence-corrected chi connectivity index (χ4v) is 5.13. The Morgan fingerprint density at radius 2 is 1.91 bits per heavy atom. The molecule has 9 heteroatoms. The zero-order chi connectivity index (χ0) is 23.4. The van der Waals surface area contributed by atoms with Crippen molar-refractivity contribution in [3.63, 3.8) is 0 Å². The fourth-order valence-electron chi connectivity index (χ4n) is 5.13. The van der Waals surface area contributed by atoms with Crippen molar-refractivity contribution < 1.29 is 14.2 Å². The molecule has 4 aromatic rings. The van der Waals surface area contributed by atoms with Crippen molar-refractivity contribution in [2.45, 2.75) is 57.0 Å². The molecule has 2 saturated heterocycles. The largest absolute Gasteiger partial charge is 0.384 e. The fraction of sp³-hybridized carbons (Fsp3) is 0.400. The number of nitrogens with one attached hydrogen (secondary N) is 1. The highest BCUT2D eigenvalue weighted by Crippen LogP contribution is 2.45. The lowest BCUT2D eigenvalue weighted by Gasteiger charge is -2.25. The summed E-state index contributed by atoms with van der Waals surface area (Å²) in [6.07, 6.45) is 4.30. The Bertz CT molecular complexity index is 1370. The molecule has 1 aromatic carbocycles. The van der Waals surface area contributed by atoms with Gasteiger partial charge in [-0.2, -0.15) is 0 Å². The van der Waals surface area contributed by atoms with E-state index in [4.69, 9.17) is 19.9 Å². The van der Waals surface area contributed by atoms with Crippen LogP contribution in [0.5, 0.6) is 0 Å². The Balaban J connectivity index is 1.27. The molecule has 0 aliphatic carbocycles. The van der Waals surface area contributed by atoms with Crippen LogP contribution in [0.4, 0.5) is 11.6 Å². The summed E-state index contributed by atoms with van der Waals surface area (Å²) in [7, 11) is 1.85. The van der Waals surface area contributed by atoms with Crippen molar-refractivity contribution >= 4 is 33.6 Å². The van der Waals surface area contributed by atoms with Crippen molar-refractivity contribution in [3.8, 4) is 0 Å². The summed E-state index contributed by atoms with van der Waals surface area (Å²) < 4.78 is 21.2. The number of aromatic nitrogens is 4. The smallest absolute Gasteiger partial charge is 0.164 e. The van der Waals surface area contributed by atoms with Crippen molar-refractivity contribution in [2.24, 2.45) is 0 Å². The summed E-state index contributed by atoms with van der Waals surface area (Å²) in [5, 5.41) is 5.14. The molecule has 0 radical (unpaired) electrons. The summed E-state index contributed by atoms with van der Waals surface area (Å²) in [6.45, 7) is 3.90. The highest BCUT2D eigenvalue weighted by atomic mass is 16.8. The molecule has 2 aliphatic rings. The van der Waals surface area contributed by atoms with Crippen LogP contribution in [0.1, 0.15) is 32.1 Å². The number of benzene rings is 1. The molecule has 3 N–H and O–H groups in total. The van der Waals surface area contributed by atoms with E-state index in [9.17, 15) is 0 Å².